The van der Waals surface area contributed by atoms with Gasteiger partial charge in [0.05, 0.1) is 11.1 Å². The first kappa shape index (κ1) is 36.7. The predicted octanol–water partition coefficient (Wildman–Crippen LogP) is 17.1. The standard InChI is InChI=1S/C61H39NOS/c1-3-16-44(17-4-1)61(45-18-5-2-6-19-45)53-24-10-7-23-51(53)60-54(61)25-14-26-55(60)62(46-33-29-40(30-34-46)43-31-35-50-49-22-9-12-28-58(49)64-59(50)39-43)47-20-13-15-41(37-47)42-32-36-57-52(38-42)48-21-8-11-27-56(48)63-57/h1-39H. The summed E-state index contributed by atoms with van der Waals surface area (Å²) in [6.45, 7) is 0. The Hall–Kier alpha value is -7.98. The Bertz CT molecular complexity index is 3690. The van der Waals surface area contributed by atoms with Crippen LogP contribution < -0.4 is 4.90 Å². The lowest BCUT2D eigenvalue weighted by Gasteiger charge is -2.34. The van der Waals surface area contributed by atoms with E-state index in [0.29, 0.717) is 0 Å². The molecule has 0 bridgehead atoms. The van der Waals surface area contributed by atoms with E-state index in [2.05, 4.69) is 229 Å². The molecule has 0 atom stereocenters. The highest BCUT2D eigenvalue weighted by atomic mass is 32.1. The van der Waals surface area contributed by atoms with Gasteiger partial charge in [-0.2, -0.15) is 0 Å². The number of benzene rings is 10. The Morgan fingerprint density at radius 3 is 1.80 bits per heavy atom. The molecule has 1 aliphatic rings. The zero-order valence-electron chi connectivity index (χ0n) is 34.8. The molecule has 300 valence electrons. The number of nitrogens with zero attached hydrogens (tertiary/aromatic N) is 1. The van der Waals surface area contributed by atoms with Crippen molar-refractivity contribution in [3.63, 3.8) is 0 Å². The molecule has 2 heterocycles. The van der Waals surface area contributed by atoms with Gasteiger partial charge in [0.15, 0.2) is 0 Å². The molecule has 0 aliphatic heterocycles. The lowest BCUT2D eigenvalue weighted by Crippen LogP contribution is -2.28. The summed E-state index contributed by atoms with van der Waals surface area (Å²) in [7, 11) is 0. The van der Waals surface area contributed by atoms with E-state index in [9.17, 15) is 0 Å². The van der Waals surface area contributed by atoms with Crippen LogP contribution in [0.15, 0.2) is 241 Å². The number of rotatable bonds is 7. The highest BCUT2D eigenvalue weighted by molar-refractivity contribution is 7.25. The van der Waals surface area contributed by atoms with Crippen LogP contribution >= 0.6 is 11.3 Å². The van der Waals surface area contributed by atoms with Crippen LogP contribution in [0.3, 0.4) is 0 Å². The van der Waals surface area contributed by atoms with Gasteiger partial charge < -0.3 is 9.32 Å². The Kier molecular flexibility index (Phi) is 8.34. The normalized spacial score (nSPS) is 12.8. The Morgan fingerprint density at radius 1 is 0.359 bits per heavy atom. The maximum absolute atomic E-state index is 6.24. The number of anilines is 3. The van der Waals surface area contributed by atoms with Crippen molar-refractivity contribution in [2.75, 3.05) is 4.90 Å². The quantitative estimate of drug-likeness (QED) is 0.159. The third-order valence-electron chi connectivity index (χ3n) is 13.4. The fourth-order valence-electron chi connectivity index (χ4n) is 10.5. The third kappa shape index (κ3) is 5.58. The van der Waals surface area contributed by atoms with E-state index in [1.807, 2.05) is 23.5 Å². The van der Waals surface area contributed by atoms with Gasteiger partial charge in [-0.1, -0.05) is 176 Å². The number of para-hydroxylation sites is 1. The maximum atomic E-state index is 6.24. The van der Waals surface area contributed by atoms with Gasteiger partial charge in [0, 0.05) is 47.9 Å². The van der Waals surface area contributed by atoms with Gasteiger partial charge in [0.2, 0.25) is 0 Å². The van der Waals surface area contributed by atoms with Gasteiger partial charge in [-0.25, -0.2) is 0 Å². The molecule has 0 fully saturated rings. The largest absolute Gasteiger partial charge is 0.456 e. The van der Waals surface area contributed by atoms with E-state index in [-0.39, 0.29) is 0 Å². The van der Waals surface area contributed by atoms with E-state index < -0.39 is 5.41 Å². The molecule has 3 heteroatoms. The van der Waals surface area contributed by atoms with Crippen LogP contribution in [0.25, 0.3) is 75.5 Å². The minimum Gasteiger partial charge on any atom is -0.456 e. The summed E-state index contributed by atoms with van der Waals surface area (Å²) in [6.07, 6.45) is 0. The molecule has 0 unspecified atom stereocenters. The number of fused-ring (bicyclic) bond motifs is 9. The van der Waals surface area contributed by atoms with Crippen molar-refractivity contribution in [3.05, 3.63) is 259 Å². The molecule has 0 saturated carbocycles. The first-order valence-electron chi connectivity index (χ1n) is 21.9. The van der Waals surface area contributed by atoms with Gasteiger partial charge in [-0.15, -0.1) is 11.3 Å². The first-order chi connectivity index (χ1) is 31.7. The molecule has 10 aromatic carbocycles. The van der Waals surface area contributed by atoms with E-state index in [1.165, 1.54) is 64.7 Å². The zero-order chi connectivity index (χ0) is 42.2. The van der Waals surface area contributed by atoms with Crippen molar-refractivity contribution in [2.24, 2.45) is 0 Å². The van der Waals surface area contributed by atoms with Gasteiger partial charge in [0.1, 0.15) is 11.2 Å². The number of thiophene rings is 1. The van der Waals surface area contributed by atoms with Crippen LogP contribution in [0, 0.1) is 0 Å². The summed E-state index contributed by atoms with van der Waals surface area (Å²) in [5.41, 5.74) is 16.8. The molecule has 0 saturated heterocycles. The second-order valence-corrected chi connectivity index (χ2v) is 17.9. The van der Waals surface area contributed by atoms with E-state index in [0.717, 1.165) is 50.1 Å². The summed E-state index contributed by atoms with van der Waals surface area (Å²) < 4.78 is 8.87. The van der Waals surface area contributed by atoms with Crippen molar-refractivity contribution in [1.82, 2.24) is 0 Å². The lowest BCUT2D eigenvalue weighted by atomic mass is 9.68. The monoisotopic (exact) mass is 833 g/mol. The highest BCUT2D eigenvalue weighted by Crippen LogP contribution is 2.59. The lowest BCUT2D eigenvalue weighted by molar-refractivity contribution is 0.669. The molecule has 1 aliphatic carbocycles. The number of hydrogen-bond acceptors (Lipinski definition) is 3. The van der Waals surface area contributed by atoms with Crippen LogP contribution in [0.2, 0.25) is 0 Å². The van der Waals surface area contributed by atoms with Crippen molar-refractivity contribution < 1.29 is 4.42 Å². The van der Waals surface area contributed by atoms with Gasteiger partial charge in [-0.3, -0.25) is 0 Å². The summed E-state index contributed by atoms with van der Waals surface area (Å²) in [6, 6.07) is 86.7. The summed E-state index contributed by atoms with van der Waals surface area (Å²) in [4.78, 5) is 2.47. The summed E-state index contributed by atoms with van der Waals surface area (Å²) in [5.74, 6) is 0. The Morgan fingerprint density at radius 2 is 0.969 bits per heavy atom. The SMILES string of the molecule is c1ccc(C2(c3ccccc3)c3ccccc3-c3c(N(c4ccc(-c5ccc6c(c5)sc5ccccc56)cc4)c4cccc(-c5ccc6oc7ccccc7c6c5)c4)cccc32)cc1. The fourth-order valence-corrected chi connectivity index (χ4v) is 11.7. The van der Waals surface area contributed by atoms with Crippen LogP contribution in [0.4, 0.5) is 17.1 Å². The van der Waals surface area contributed by atoms with Crippen molar-refractivity contribution in [2.45, 2.75) is 5.41 Å². The van der Waals surface area contributed by atoms with Crippen LogP contribution in [-0.2, 0) is 5.41 Å². The second kappa shape index (κ2) is 14.6. The molecule has 0 amide bonds. The molecule has 0 radical (unpaired) electrons. The molecule has 2 nitrogen and oxygen atoms in total. The van der Waals surface area contributed by atoms with Crippen LogP contribution in [0.5, 0.6) is 0 Å². The van der Waals surface area contributed by atoms with Crippen LogP contribution in [0.1, 0.15) is 22.3 Å². The Labute approximate surface area is 375 Å². The molecular formula is C61H39NOS. The molecule has 0 N–H and O–H groups in total. The van der Waals surface area contributed by atoms with Crippen molar-refractivity contribution in [1.29, 1.82) is 0 Å². The number of furan rings is 1. The molecule has 13 rings (SSSR count). The van der Waals surface area contributed by atoms with Gasteiger partial charge in [-0.05, 0) is 111 Å². The summed E-state index contributed by atoms with van der Waals surface area (Å²) >= 11 is 1.86. The van der Waals surface area contributed by atoms with E-state index in [1.54, 1.807) is 0 Å². The Balaban J connectivity index is 1.02. The average Bonchev–Trinajstić information content (AvgIpc) is 4.03. The molecule has 64 heavy (non-hydrogen) atoms. The molecule has 2 aromatic heterocycles. The smallest absolute Gasteiger partial charge is 0.135 e. The highest BCUT2D eigenvalue weighted by Gasteiger charge is 2.47. The van der Waals surface area contributed by atoms with E-state index >= 15 is 0 Å². The second-order valence-electron chi connectivity index (χ2n) is 16.8. The van der Waals surface area contributed by atoms with Crippen molar-refractivity contribution in [3.8, 4) is 33.4 Å². The van der Waals surface area contributed by atoms with Gasteiger partial charge >= 0.3 is 0 Å². The third-order valence-corrected chi connectivity index (χ3v) is 14.5. The minimum atomic E-state index is -0.518. The minimum absolute atomic E-state index is 0.518. The van der Waals surface area contributed by atoms with Crippen LogP contribution in [-0.4, -0.2) is 0 Å². The molecular weight excluding hydrogens is 795 g/mol. The predicted molar refractivity (Wildman–Crippen MR) is 269 cm³/mol. The topological polar surface area (TPSA) is 16.4 Å². The summed E-state index contributed by atoms with van der Waals surface area (Å²) in [5, 5.41) is 4.88. The zero-order valence-corrected chi connectivity index (χ0v) is 35.6. The maximum Gasteiger partial charge on any atom is 0.135 e. The average molecular weight is 834 g/mol. The van der Waals surface area contributed by atoms with Gasteiger partial charge in [0.25, 0.3) is 0 Å². The first-order valence-corrected chi connectivity index (χ1v) is 22.7. The molecule has 0 spiro atoms. The molecule has 12 aromatic rings. The number of hydrogen-bond donors (Lipinski definition) is 0. The van der Waals surface area contributed by atoms with Crippen molar-refractivity contribution >= 4 is 70.5 Å². The van der Waals surface area contributed by atoms with E-state index in [4.69, 9.17) is 4.42 Å². The fraction of sp³-hybridized carbons (Fsp3) is 0.0164.